The van der Waals surface area contributed by atoms with Crippen LogP contribution in [-0.2, 0) is 14.8 Å². The summed E-state index contributed by atoms with van der Waals surface area (Å²) in [6.45, 7) is 0.133. The Morgan fingerprint density at radius 2 is 2.04 bits per heavy atom. The van der Waals surface area contributed by atoms with E-state index in [0.29, 0.717) is 6.42 Å². The van der Waals surface area contributed by atoms with Crippen LogP contribution >= 0.6 is 12.4 Å². The zero-order chi connectivity index (χ0) is 18.4. The molecule has 0 bridgehead atoms. The molecule has 1 fully saturated rings. The summed E-state index contributed by atoms with van der Waals surface area (Å²) < 4.78 is 26.6. The summed E-state index contributed by atoms with van der Waals surface area (Å²) >= 11 is 0. The van der Waals surface area contributed by atoms with Crippen LogP contribution in [0.25, 0.3) is 0 Å². The van der Waals surface area contributed by atoms with Gasteiger partial charge >= 0.3 is 0 Å². The molecule has 2 unspecified atom stereocenters. The van der Waals surface area contributed by atoms with Crippen molar-refractivity contribution in [1.82, 2.24) is 10.0 Å². The number of benzene rings is 1. The molecular weight excluding hydrogens is 384 g/mol. The number of carbonyl (C=O) groups excluding carboxylic acids is 1. The number of nitrogens with zero attached hydrogens (tertiary/aromatic N) is 1. The summed E-state index contributed by atoms with van der Waals surface area (Å²) in [5.74, 6) is -0.248. The highest BCUT2D eigenvalue weighted by atomic mass is 35.5. The molecule has 4 N–H and O–H groups in total. The highest BCUT2D eigenvalue weighted by Gasteiger charge is 2.25. The molecule has 2 atom stereocenters. The van der Waals surface area contributed by atoms with Crippen molar-refractivity contribution in [2.24, 2.45) is 11.7 Å². The lowest BCUT2D eigenvalue weighted by Gasteiger charge is -2.25. The van der Waals surface area contributed by atoms with Crippen LogP contribution in [0, 0.1) is 16.0 Å². The second-order valence-corrected chi connectivity index (χ2v) is 7.83. The molecule has 0 aromatic heterocycles. The van der Waals surface area contributed by atoms with E-state index in [0.717, 1.165) is 25.3 Å². The van der Waals surface area contributed by atoms with Crippen LogP contribution in [0.5, 0.6) is 0 Å². The summed E-state index contributed by atoms with van der Waals surface area (Å²) in [5, 5.41) is 13.4. The number of amides is 1. The Kier molecular flexibility index (Phi) is 8.41. The first kappa shape index (κ1) is 22.3. The molecule has 26 heavy (non-hydrogen) atoms. The number of nitro groups is 1. The van der Waals surface area contributed by atoms with Crippen molar-refractivity contribution in [1.29, 1.82) is 0 Å². The number of hydrogen-bond acceptors (Lipinski definition) is 6. The Hall–Kier alpha value is -1.75. The van der Waals surface area contributed by atoms with E-state index < -0.39 is 14.9 Å². The summed E-state index contributed by atoms with van der Waals surface area (Å²) in [6.07, 6.45) is 3.27. The van der Waals surface area contributed by atoms with E-state index in [1.54, 1.807) is 0 Å². The molecule has 11 heteroatoms. The number of rotatable bonds is 7. The van der Waals surface area contributed by atoms with Crippen LogP contribution in [0.4, 0.5) is 5.69 Å². The van der Waals surface area contributed by atoms with Crippen molar-refractivity contribution in [3.63, 3.8) is 0 Å². The summed E-state index contributed by atoms with van der Waals surface area (Å²) in [5.41, 5.74) is 5.55. The molecule has 2 rings (SSSR count). The summed E-state index contributed by atoms with van der Waals surface area (Å²) in [7, 11) is -3.87. The Labute approximate surface area is 158 Å². The van der Waals surface area contributed by atoms with Gasteiger partial charge < -0.3 is 11.1 Å². The predicted octanol–water partition coefficient (Wildman–Crippen LogP) is 0.929. The SMILES string of the molecule is Cl.NC1CCCC(C(=O)NCCNS(=O)(=O)c2cccc([N+](=O)[O-])c2)C1. The standard InChI is InChI=1S/C15H22N4O5S.ClH/c16-12-4-1-3-11(9-12)15(20)17-7-8-18-25(23,24)14-6-2-5-13(10-14)19(21)22;/h2,5-6,10-12,18H,1,3-4,7-9,16H2,(H,17,20);1H. The largest absolute Gasteiger partial charge is 0.355 e. The first-order valence-electron chi connectivity index (χ1n) is 8.07. The number of halogens is 1. The lowest BCUT2D eigenvalue weighted by Crippen LogP contribution is -2.40. The third-order valence-electron chi connectivity index (χ3n) is 4.14. The molecule has 1 saturated carbocycles. The highest BCUT2D eigenvalue weighted by molar-refractivity contribution is 7.89. The molecule has 0 aliphatic heterocycles. The van der Waals surface area contributed by atoms with Crippen molar-refractivity contribution < 1.29 is 18.1 Å². The number of non-ortho nitro benzene ring substituents is 1. The maximum Gasteiger partial charge on any atom is 0.270 e. The topological polar surface area (TPSA) is 144 Å². The van der Waals surface area contributed by atoms with E-state index in [9.17, 15) is 23.3 Å². The molecule has 0 radical (unpaired) electrons. The molecule has 0 spiro atoms. The molecular formula is C15H23ClN4O5S. The number of nitrogens with one attached hydrogen (secondary N) is 2. The quantitative estimate of drug-likeness (QED) is 0.349. The minimum absolute atomic E-state index is 0. The first-order chi connectivity index (χ1) is 11.8. The first-order valence-corrected chi connectivity index (χ1v) is 9.55. The molecule has 0 saturated heterocycles. The Morgan fingerprint density at radius 3 is 2.69 bits per heavy atom. The predicted molar refractivity (Wildman–Crippen MR) is 98.5 cm³/mol. The van der Waals surface area contributed by atoms with E-state index in [-0.39, 0.29) is 53.9 Å². The maximum atomic E-state index is 12.1. The van der Waals surface area contributed by atoms with Crippen molar-refractivity contribution in [2.75, 3.05) is 13.1 Å². The van der Waals surface area contributed by atoms with Gasteiger partial charge in [-0.3, -0.25) is 14.9 Å². The highest BCUT2D eigenvalue weighted by Crippen LogP contribution is 2.23. The molecule has 1 aromatic carbocycles. The van der Waals surface area contributed by atoms with Gasteiger partial charge in [0.25, 0.3) is 5.69 Å². The fourth-order valence-corrected chi connectivity index (χ4v) is 3.90. The molecule has 1 amide bonds. The molecule has 1 aliphatic carbocycles. The van der Waals surface area contributed by atoms with Crippen molar-refractivity contribution in [3.8, 4) is 0 Å². The van der Waals surface area contributed by atoms with E-state index in [1.165, 1.54) is 18.2 Å². The average Bonchev–Trinajstić information content (AvgIpc) is 2.58. The zero-order valence-electron chi connectivity index (χ0n) is 14.1. The molecule has 9 nitrogen and oxygen atoms in total. The van der Waals surface area contributed by atoms with E-state index in [4.69, 9.17) is 5.73 Å². The third-order valence-corrected chi connectivity index (χ3v) is 5.60. The van der Waals surface area contributed by atoms with Gasteiger partial charge in [-0.2, -0.15) is 0 Å². The second kappa shape index (κ2) is 9.81. The number of carbonyl (C=O) groups is 1. The molecule has 0 heterocycles. The third kappa shape index (κ3) is 6.20. The maximum absolute atomic E-state index is 12.1. The number of hydrogen-bond donors (Lipinski definition) is 3. The average molecular weight is 407 g/mol. The minimum Gasteiger partial charge on any atom is -0.355 e. The Morgan fingerprint density at radius 1 is 1.31 bits per heavy atom. The van der Waals surface area contributed by atoms with Gasteiger partial charge in [-0.05, 0) is 25.3 Å². The number of sulfonamides is 1. The van der Waals surface area contributed by atoms with Crippen LogP contribution in [-0.4, -0.2) is 38.4 Å². The smallest absolute Gasteiger partial charge is 0.270 e. The molecule has 146 valence electrons. The van der Waals surface area contributed by atoms with Gasteiger partial charge in [0.2, 0.25) is 15.9 Å². The number of nitrogens with two attached hydrogens (primary N) is 1. The fraction of sp³-hybridized carbons (Fsp3) is 0.533. The second-order valence-electron chi connectivity index (χ2n) is 6.07. The summed E-state index contributed by atoms with van der Waals surface area (Å²) in [6, 6.07) is 4.83. The van der Waals surface area contributed by atoms with Crippen LogP contribution < -0.4 is 15.8 Å². The Balaban J connectivity index is 0.00000338. The van der Waals surface area contributed by atoms with E-state index in [1.807, 2.05) is 0 Å². The fourth-order valence-electron chi connectivity index (χ4n) is 2.83. The van der Waals surface area contributed by atoms with Crippen LogP contribution in [0.3, 0.4) is 0 Å². The van der Waals surface area contributed by atoms with Gasteiger partial charge in [-0.1, -0.05) is 12.5 Å². The van der Waals surface area contributed by atoms with E-state index >= 15 is 0 Å². The van der Waals surface area contributed by atoms with Crippen LogP contribution in [0.1, 0.15) is 25.7 Å². The minimum atomic E-state index is -3.87. The number of nitro benzene ring substituents is 1. The molecule has 1 aliphatic rings. The lowest BCUT2D eigenvalue weighted by molar-refractivity contribution is -0.385. The van der Waals surface area contributed by atoms with Gasteiger partial charge in [0.05, 0.1) is 9.82 Å². The van der Waals surface area contributed by atoms with Gasteiger partial charge in [0.15, 0.2) is 0 Å². The van der Waals surface area contributed by atoms with Crippen LogP contribution in [0.2, 0.25) is 0 Å². The van der Waals surface area contributed by atoms with Gasteiger partial charge in [0, 0.05) is 37.2 Å². The van der Waals surface area contributed by atoms with Gasteiger partial charge in [0.1, 0.15) is 0 Å². The van der Waals surface area contributed by atoms with E-state index in [2.05, 4.69) is 10.0 Å². The van der Waals surface area contributed by atoms with Crippen LogP contribution in [0.15, 0.2) is 29.2 Å². The molecule has 1 aromatic rings. The lowest BCUT2D eigenvalue weighted by atomic mass is 9.85. The van der Waals surface area contributed by atoms with Crippen molar-refractivity contribution in [3.05, 3.63) is 34.4 Å². The summed E-state index contributed by atoms with van der Waals surface area (Å²) in [4.78, 5) is 21.9. The van der Waals surface area contributed by atoms with Crippen molar-refractivity contribution >= 4 is 34.0 Å². The zero-order valence-corrected chi connectivity index (χ0v) is 15.7. The normalized spacial score (nSPS) is 20.0. The van der Waals surface area contributed by atoms with Gasteiger partial charge in [-0.15, -0.1) is 12.4 Å². The Bertz CT molecular complexity index is 743. The monoisotopic (exact) mass is 406 g/mol. The van der Waals surface area contributed by atoms with Gasteiger partial charge in [-0.25, -0.2) is 13.1 Å². The van der Waals surface area contributed by atoms with Crippen molar-refractivity contribution in [2.45, 2.75) is 36.6 Å².